The average molecular weight is 335 g/mol. The molecule has 0 fully saturated rings. The number of benzene rings is 2. The molecule has 6 heteroatoms. The lowest BCUT2D eigenvalue weighted by molar-refractivity contribution is -0.0499. The molecule has 4 nitrogen and oxygen atoms in total. The highest BCUT2D eigenvalue weighted by Crippen LogP contribution is 2.19. The lowest BCUT2D eigenvalue weighted by Crippen LogP contribution is -2.30. The van der Waals surface area contributed by atoms with Gasteiger partial charge in [-0.15, -0.1) is 0 Å². The molecule has 0 radical (unpaired) electrons. The van der Waals surface area contributed by atoms with Crippen LogP contribution >= 0.6 is 0 Å². The van der Waals surface area contributed by atoms with Crippen LogP contribution in [0.3, 0.4) is 0 Å². The Morgan fingerprint density at radius 2 is 1.83 bits per heavy atom. The number of alkyl halides is 2. The summed E-state index contributed by atoms with van der Waals surface area (Å²) < 4.78 is 34.0. The van der Waals surface area contributed by atoms with Crippen LogP contribution in [-0.2, 0) is 6.54 Å². The molecule has 0 saturated carbocycles. The van der Waals surface area contributed by atoms with Gasteiger partial charge in [-0.1, -0.05) is 18.2 Å². The van der Waals surface area contributed by atoms with Crippen molar-refractivity contribution >= 4 is 5.91 Å². The van der Waals surface area contributed by atoms with Crippen LogP contribution in [0, 0.1) is 0 Å². The number of halogens is 2. The number of nitrogens with zero attached hydrogens (tertiary/aromatic N) is 1. The Morgan fingerprint density at radius 1 is 1.12 bits per heavy atom. The highest BCUT2D eigenvalue weighted by molar-refractivity contribution is 5.94. The third-order valence-corrected chi connectivity index (χ3v) is 3.51. The maximum atomic E-state index is 12.6. The minimum Gasteiger partial charge on any atom is -0.497 e. The van der Waals surface area contributed by atoms with E-state index in [1.165, 1.54) is 18.2 Å². The van der Waals surface area contributed by atoms with Crippen LogP contribution in [0.4, 0.5) is 8.78 Å². The standard InChI is InChI=1S/C18H19F2NO3/c1-3-21(12-13-7-9-15(23-2)10-8-13)17(22)14-5-4-6-16(11-14)24-18(19)20/h4-11,18H,3,12H2,1-2H3. The maximum absolute atomic E-state index is 12.6. The molecule has 0 aliphatic rings. The number of carbonyl (C=O) groups is 1. The van der Waals surface area contributed by atoms with E-state index in [0.29, 0.717) is 18.7 Å². The smallest absolute Gasteiger partial charge is 0.387 e. The zero-order valence-corrected chi connectivity index (χ0v) is 13.5. The van der Waals surface area contributed by atoms with E-state index in [9.17, 15) is 13.6 Å². The topological polar surface area (TPSA) is 38.8 Å². The molecular weight excluding hydrogens is 316 g/mol. The van der Waals surface area contributed by atoms with Gasteiger partial charge in [-0.05, 0) is 42.8 Å². The lowest BCUT2D eigenvalue weighted by atomic mass is 10.1. The molecule has 1 amide bonds. The summed E-state index contributed by atoms with van der Waals surface area (Å²) in [4.78, 5) is 14.2. The monoisotopic (exact) mass is 335 g/mol. The number of amides is 1. The van der Waals surface area contributed by atoms with E-state index in [1.807, 2.05) is 31.2 Å². The predicted molar refractivity (Wildman–Crippen MR) is 86.5 cm³/mol. The quantitative estimate of drug-likeness (QED) is 0.769. The molecule has 0 saturated heterocycles. The Morgan fingerprint density at radius 3 is 2.42 bits per heavy atom. The van der Waals surface area contributed by atoms with Gasteiger partial charge in [0.2, 0.25) is 0 Å². The first-order valence-corrected chi connectivity index (χ1v) is 7.50. The van der Waals surface area contributed by atoms with Crippen LogP contribution in [0.1, 0.15) is 22.8 Å². The number of carbonyl (C=O) groups excluding carboxylic acids is 1. The first-order chi connectivity index (χ1) is 11.5. The van der Waals surface area contributed by atoms with Crippen molar-refractivity contribution in [1.82, 2.24) is 4.90 Å². The van der Waals surface area contributed by atoms with Gasteiger partial charge < -0.3 is 14.4 Å². The molecule has 0 aliphatic carbocycles. The van der Waals surface area contributed by atoms with Crippen molar-refractivity contribution in [1.29, 1.82) is 0 Å². The zero-order valence-electron chi connectivity index (χ0n) is 13.5. The summed E-state index contributed by atoms with van der Waals surface area (Å²) in [6.07, 6.45) is 0. The van der Waals surface area contributed by atoms with E-state index in [-0.39, 0.29) is 11.7 Å². The number of rotatable bonds is 7. The van der Waals surface area contributed by atoms with Gasteiger partial charge in [0.05, 0.1) is 7.11 Å². The summed E-state index contributed by atoms with van der Waals surface area (Å²) in [5.74, 6) is 0.467. The third kappa shape index (κ3) is 4.68. The van der Waals surface area contributed by atoms with Crippen molar-refractivity contribution in [3.8, 4) is 11.5 Å². The van der Waals surface area contributed by atoms with E-state index in [4.69, 9.17) is 4.74 Å². The van der Waals surface area contributed by atoms with Gasteiger partial charge >= 0.3 is 6.61 Å². The molecule has 0 bridgehead atoms. The highest BCUT2D eigenvalue weighted by Gasteiger charge is 2.16. The first-order valence-electron chi connectivity index (χ1n) is 7.50. The third-order valence-electron chi connectivity index (χ3n) is 3.51. The highest BCUT2D eigenvalue weighted by atomic mass is 19.3. The van der Waals surface area contributed by atoms with E-state index in [1.54, 1.807) is 18.1 Å². The second kappa shape index (κ2) is 8.29. The Labute approximate surface area is 139 Å². The molecule has 2 rings (SSSR count). The summed E-state index contributed by atoms with van der Waals surface area (Å²) in [6.45, 7) is -0.151. The molecule has 0 spiro atoms. The Hall–Kier alpha value is -2.63. The SMILES string of the molecule is CCN(Cc1ccc(OC)cc1)C(=O)c1cccc(OC(F)F)c1. The minimum atomic E-state index is -2.92. The second-order valence-corrected chi connectivity index (χ2v) is 5.07. The van der Waals surface area contributed by atoms with Gasteiger partial charge in [-0.25, -0.2) is 0 Å². The number of methoxy groups -OCH3 is 1. The molecule has 2 aromatic rings. The fourth-order valence-electron chi connectivity index (χ4n) is 2.27. The molecule has 24 heavy (non-hydrogen) atoms. The molecule has 0 aliphatic heterocycles. The zero-order chi connectivity index (χ0) is 17.5. The summed E-state index contributed by atoms with van der Waals surface area (Å²) in [5.41, 5.74) is 1.26. The van der Waals surface area contributed by atoms with Crippen LogP contribution in [0.5, 0.6) is 11.5 Å². The van der Waals surface area contributed by atoms with Gasteiger partial charge in [0.25, 0.3) is 5.91 Å². The molecule has 0 N–H and O–H groups in total. The van der Waals surface area contributed by atoms with Crippen molar-refractivity contribution < 1.29 is 23.0 Å². The summed E-state index contributed by atoms with van der Waals surface area (Å²) in [5, 5.41) is 0. The van der Waals surface area contributed by atoms with Crippen molar-refractivity contribution in [2.24, 2.45) is 0 Å². The van der Waals surface area contributed by atoms with Gasteiger partial charge in [0.1, 0.15) is 11.5 Å². The van der Waals surface area contributed by atoms with Crippen LogP contribution in [0.25, 0.3) is 0 Å². The molecule has 128 valence electrons. The van der Waals surface area contributed by atoms with Crippen molar-refractivity contribution in [2.45, 2.75) is 20.1 Å². The number of hydrogen-bond donors (Lipinski definition) is 0. The number of hydrogen-bond acceptors (Lipinski definition) is 3. The normalized spacial score (nSPS) is 10.5. The van der Waals surface area contributed by atoms with Gasteiger partial charge in [-0.3, -0.25) is 4.79 Å². The average Bonchev–Trinajstić information content (AvgIpc) is 2.59. The van der Waals surface area contributed by atoms with Crippen LogP contribution in [-0.4, -0.2) is 31.1 Å². The van der Waals surface area contributed by atoms with E-state index in [0.717, 1.165) is 11.3 Å². The van der Waals surface area contributed by atoms with Gasteiger partial charge in [-0.2, -0.15) is 8.78 Å². The largest absolute Gasteiger partial charge is 0.497 e. The van der Waals surface area contributed by atoms with Crippen molar-refractivity contribution in [3.05, 3.63) is 59.7 Å². The van der Waals surface area contributed by atoms with Gasteiger partial charge in [0, 0.05) is 18.7 Å². The summed E-state index contributed by atoms with van der Waals surface area (Å²) >= 11 is 0. The molecule has 2 aromatic carbocycles. The fourth-order valence-corrected chi connectivity index (χ4v) is 2.27. The van der Waals surface area contributed by atoms with Crippen LogP contribution in [0.2, 0.25) is 0 Å². The van der Waals surface area contributed by atoms with Crippen molar-refractivity contribution in [3.63, 3.8) is 0 Å². The lowest BCUT2D eigenvalue weighted by Gasteiger charge is -2.21. The van der Waals surface area contributed by atoms with Gasteiger partial charge in [0.15, 0.2) is 0 Å². The molecule has 0 unspecified atom stereocenters. The Bertz CT molecular complexity index is 674. The van der Waals surface area contributed by atoms with E-state index < -0.39 is 6.61 Å². The van der Waals surface area contributed by atoms with E-state index >= 15 is 0 Å². The van der Waals surface area contributed by atoms with Crippen LogP contribution in [0.15, 0.2) is 48.5 Å². The van der Waals surface area contributed by atoms with E-state index in [2.05, 4.69) is 4.74 Å². The first kappa shape index (κ1) is 17.7. The maximum Gasteiger partial charge on any atom is 0.387 e. The minimum absolute atomic E-state index is 0.0312. The second-order valence-electron chi connectivity index (χ2n) is 5.07. The fraction of sp³-hybridized carbons (Fsp3) is 0.278. The number of ether oxygens (including phenoxy) is 2. The summed E-state index contributed by atoms with van der Waals surface area (Å²) in [6, 6.07) is 13.2. The molecule has 0 aromatic heterocycles. The molecule has 0 atom stereocenters. The van der Waals surface area contributed by atoms with Crippen molar-refractivity contribution in [2.75, 3.05) is 13.7 Å². The molecular formula is C18H19F2NO3. The Kier molecular flexibility index (Phi) is 6.12. The molecule has 0 heterocycles. The Balaban J connectivity index is 2.12. The predicted octanol–water partition coefficient (Wildman–Crippen LogP) is 3.96. The van der Waals surface area contributed by atoms with Crippen LogP contribution < -0.4 is 9.47 Å². The summed E-state index contributed by atoms with van der Waals surface area (Å²) in [7, 11) is 1.59.